The van der Waals surface area contributed by atoms with Gasteiger partial charge in [-0.1, -0.05) is 30.3 Å². The normalized spacial score (nSPS) is 20.6. The van der Waals surface area contributed by atoms with Crippen molar-refractivity contribution in [3.63, 3.8) is 0 Å². The molecular weight excluding hydrogens is 246 g/mol. The summed E-state index contributed by atoms with van der Waals surface area (Å²) in [5, 5.41) is 6.94. The molecule has 3 rings (SSSR count). The van der Waals surface area contributed by atoms with Crippen LogP contribution in [0.2, 0.25) is 0 Å². The second-order valence-corrected chi connectivity index (χ2v) is 6.22. The van der Waals surface area contributed by atoms with Gasteiger partial charge in [0.2, 0.25) is 0 Å². The number of hydrogen-bond donors (Lipinski definition) is 2. The van der Waals surface area contributed by atoms with E-state index in [0.717, 1.165) is 31.4 Å². The molecule has 3 heteroatoms. The van der Waals surface area contributed by atoms with Gasteiger partial charge in [-0.3, -0.25) is 4.99 Å². The van der Waals surface area contributed by atoms with Gasteiger partial charge in [0.15, 0.2) is 5.96 Å². The first-order valence-corrected chi connectivity index (χ1v) is 7.81. The zero-order valence-electron chi connectivity index (χ0n) is 12.4. The van der Waals surface area contributed by atoms with Crippen LogP contribution in [0.5, 0.6) is 0 Å². The third-order valence-corrected chi connectivity index (χ3v) is 4.72. The summed E-state index contributed by atoms with van der Waals surface area (Å²) >= 11 is 0. The molecule has 20 heavy (non-hydrogen) atoms. The molecule has 2 N–H and O–H groups in total. The van der Waals surface area contributed by atoms with Gasteiger partial charge in [0, 0.05) is 20.1 Å². The van der Waals surface area contributed by atoms with Crippen molar-refractivity contribution in [1.29, 1.82) is 0 Å². The highest BCUT2D eigenvalue weighted by atomic mass is 15.2. The van der Waals surface area contributed by atoms with E-state index in [1.807, 2.05) is 7.05 Å². The fourth-order valence-electron chi connectivity index (χ4n) is 3.04. The molecule has 0 heterocycles. The third kappa shape index (κ3) is 3.33. The lowest BCUT2D eigenvalue weighted by molar-refractivity contribution is 0.431. The van der Waals surface area contributed by atoms with E-state index in [1.54, 1.807) is 0 Å². The lowest BCUT2D eigenvalue weighted by Crippen LogP contribution is -2.41. The molecule has 3 nitrogen and oxygen atoms in total. The molecule has 0 saturated heterocycles. The van der Waals surface area contributed by atoms with Crippen LogP contribution in [0.15, 0.2) is 35.3 Å². The summed E-state index contributed by atoms with van der Waals surface area (Å²) < 4.78 is 0. The minimum atomic E-state index is 0.622. The zero-order chi connectivity index (χ0) is 13.8. The second kappa shape index (κ2) is 5.86. The number of aliphatic imine (C=N–C) groups is 1. The van der Waals surface area contributed by atoms with Gasteiger partial charge in [0.05, 0.1) is 0 Å². The van der Waals surface area contributed by atoms with E-state index >= 15 is 0 Å². The number of hydrogen-bond acceptors (Lipinski definition) is 1. The summed E-state index contributed by atoms with van der Waals surface area (Å²) in [6.45, 7) is 2.03. The van der Waals surface area contributed by atoms with Gasteiger partial charge in [0.25, 0.3) is 0 Å². The van der Waals surface area contributed by atoms with Crippen LogP contribution in [-0.2, 0) is 6.42 Å². The molecule has 2 aliphatic carbocycles. The molecule has 0 radical (unpaired) electrons. The van der Waals surface area contributed by atoms with Crippen LogP contribution in [0.1, 0.15) is 31.2 Å². The zero-order valence-corrected chi connectivity index (χ0v) is 12.4. The minimum Gasteiger partial charge on any atom is -0.356 e. The summed E-state index contributed by atoms with van der Waals surface area (Å²) in [5.41, 5.74) is 1.99. The monoisotopic (exact) mass is 271 g/mol. The topological polar surface area (TPSA) is 36.4 Å². The van der Waals surface area contributed by atoms with Crippen molar-refractivity contribution in [2.45, 2.75) is 32.1 Å². The first kappa shape index (κ1) is 13.5. The SMILES string of the molecule is CN=C(NCCc1ccccc1)NCC1(C2CC2)CC1. The van der Waals surface area contributed by atoms with E-state index in [4.69, 9.17) is 0 Å². The summed E-state index contributed by atoms with van der Waals surface area (Å²) in [7, 11) is 1.86. The fourth-order valence-corrected chi connectivity index (χ4v) is 3.04. The maximum Gasteiger partial charge on any atom is 0.191 e. The Morgan fingerprint density at radius 3 is 2.55 bits per heavy atom. The van der Waals surface area contributed by atoms with E-state index in [0.29, 0.717) is 5.41 Å². The Labute approximate surface area is 121 Å². The standard InChI is InChI=1S/C17H25N3/c1-18-16(19-12-9-14-5-3-2-4-6-14)20-13-17(10-11-17)15-7-8-15/h2-6,15H,7-13H2,1H3,(H2,18,19,20). The van der Waals surface area contributed by atoms with Gasteiger partial charge in [-0.25, -0.2) is 0 Å². The Morgan fingerprint density at radius 1 is 1.20 bits per heavy atom. The van der Waals surface area contributed by atoms with Gasteiger partial charge < -0.3 is 10.6 Å². The second-order valence-electron chi connectivity index (χ2n) is 6.22. The molecular formula is C17H25N3. The van der Waals surface area contributed by atoms with Crippen LogP contribution in [0.4, 0.5) is 0 Å². The summed E-state index contributed by atoms with van der Waals surface area (Å²) in [6.07, 6.45) is 6.75. The lowest BCUT2D eigenvalue weighted by atomic mass is 10.0. The average molecular weight is 271 g/mol. The van der Waals surface area contributed by atoms with Crippen LogP contribution in [0, 0.1) is 11.3 Å². The van der Waals surface area contributed by atoms with Crippen molar-refractivity contribution in [3.8, 4) is 0 Å². The van der Waals surface area contributed by atoms with Crippen molar-refractivity contribution in [2.24, 2.45) is 16.3 Å². The van der Waals surface area contributed by atoms with Gasteiger partial charge in [0.1, 0.15) is 0 Å². The predicted molar refractivity (Wildman–Crippen MR) is 83.9 cm³/mol. The van der Waals surface area contributed by atoms with Crippen molar-refractivity contribution < 1.29 is 0 Å². The van der Waals surface area contributed by atoms with Gasteiger partial charge in [-0.05, 0) is 49.0 Å². The first-order valence-electron chi connectivity index (χ1n) is 7.81. The average Bonchev–Trinajstić information content (AvgIpc) is 3.37. The van der Waals surface area contributed by atoms with E-state index in [-0.39, 0.29) is 0 Å². The van der Waals surface area contributed by atoms with Crippen LogP contribution < -0.4 is 10.6 Å². The summed E-state index contributed by atoms with van der Waals surface area (Å²) in [6, 6.07) is 10.6. The molecule has 0 unspecified atom stereocenters. The van der Waals surface area contributed by atoms with Gasteiger partial charge >= 0.3 is 0 Å². The molecule has 0 atom stereocenters. The molecule has 2 aliphatic rings. The Hall–Kier alpha value is -1.51. The quantitative estimate of drug-likeness (QED) is 0.616. The Bertz CT molecular complexity index is 458. The molecule has 0 spiro atoms. The van der Waals surface area contributed by atoms with Gasteiger partial charge in [-0.2, -0.15) is 0 Å². The molecule has 2 fully saturated rings. The van der Waals surface area contributed by atoms with Crippen LogP contribution in [0.3, 0.4) is 0 Å². The van der Waals surface area contributed by atoms with Crippen LogP contribution in [0.25, 0.3) is 0 Å². The lowest BCUT2D eigenvalue weighted by Gasteiger charge is -2.18. The maximum atomic E-state index is 4.32. The van der Waals surface area contributed by atoms with Crippen molar-refractivity contribution in [1.82, 2.24) is 10.6 Å². The third-order valence-electron chi connectivity index (χ3n) is 4.72. The Kier molecular flexibility index (Phi) is 3.95. The minimum absolute atomic E-state index is 0.622. The highest BCUT2D eigenvalue weighted by Gasteiger charge is 2.53. The number of benzene rings is 1. The summed E-state index contributed by atoms with van der Waals surface area (Å²) in [5.74, 6) is 1.95. The Morgan fingerprint density at radius 2 is 1.95 bits per heavy atom. The van der Waals surface area contributed by atoms with E-state index < -0.39 is 0 Å². The van der Waals surface area contributed by atoms with E-state index in [1.165, 1.54) is 31.2 Å². The number of rotatable bonds is 6. The van der Waals surface area contributed by atoms with Crippen molar-refractivity contribution in [3.05, 3.63) is 35.9 Å². The fraction of sp³-hybridized carbons (Fsp3) is 0.588. The number of nitrogens with zero attached hydrogens (tertiary/aromatic N) is 1. The molecule has 1 aromatic rings. The van der Waals surface area contributed by atoms with Crippen molar-refractivity contribution in [2.75, 3.05) is 20.1 Å². The highest BCUT2D eigenvalue weighted by molar-refractivity contribution is 5.79. The molecule has 2 saturated carbocycles. The van der Waals surface area contributed by atoms with Gasteiger partial charge in [-0.15, -0.1) is 0 Å². The predicted octanol–water partition coefficient (Wildman–Crippen LogP) is 2.58. The van der Waals surface area contributed by atoms with Crippen LogP contribution in [-0.4, -0.2) is 26.1 Å². The smallest absolute Gasteiger partial charge is 0.191 e. The van der Waals surface area contributed by atoms with E-state index in [2.05, 4.69) is 46.0 Å². The first-order chi connectivity index (χ1) is 9.82. The molecule has 0 aromatic heterocycles. The van der Waals surface area contributed by atoms with E-state index in [9.17, 15) is 0 Å². The number of guanidine groups is 1. The molecule has 0 amide bonds. The maximum absolute atomic E-state index is 4.32. The molecule has 108 valence electrons. The van der Waals surface area contributed by atoms with Crippen molar-refractivity contribution >= 4 is 5.96 Å². The molecule has 0 bridgehead atoms. The highest BCUT2D eigenvalue weighted by Crippen LogP contribution is 2.60. The largest absolute Gasteiger partial charge is 0.356 e. The Balaban J connectivity index is 1.39. The summed E-state index contributed by atoms with van der Waals surface area (Å²) in [4.78, 5) is 4.32. The number of nitrogens with one attached hydrogen (secondary N) is 2. The van der Waals surface area contributed by atoms with Crippen LogP contribution >= 0.6 is 0 Å². The molecule has 0 aliphatic heterocycles. The molecule has 1 aromatic carbocycles.